The number of amides is 1. The minimum absolute atomic E-state index is 0.0372. The second-order valence-corrected chi connectivity index (χ2v) is 6.01. The van der Waals surface area contributed by atoms with Gasteiger partial charge in [-0.2, -0.15) is 8.78 Å². The van der Waals surface area contributed by atoms with Gasteiger partial charge in [-0.3, -0.25) is 4.79 Å². The van der Waals surface area contributed by atoms with Gasteiger partial charge in [0.05, 0.1) is 12.1 Å². The highest BCUT2D eigenvalue weighted by Gasteiger charge is 2.38. The number of hydrogen-bond donors (Lipinski definition) is 1. The fraction of sp³-hybridized carbons (Fsp3) is 0.562. The number of benzene rings is 1. The third kappa shape index (κ3) is 5.41. The van der Waals surface area contributed by atoms with Crippen LogP contribution >= 0.6 is 11.6 Å². The summed E-state index contributed by atoms with van der Waals surface area (Å²) in [4.78, 5) is 11.4. The Hall–Kier alpha value is -1.24. The number of halogens is 3. The van der Waals surface area contributed by atoms with Crippen LogP contribution in [0.3, 0.4) is 0 Å². The summed E-state index contributed by atoms with van der Waals surface area (Å²) in [6, 6.07) is 8.54. The van der Waals surface area contributed by atoms with Crippen LogP contribution in [0, 0.1) is 0 Å². The van der Waals surface area contributed by atoms with E-state index in [1.165, 1.54) is 0 Å². The molecule has 0 bridgehead atoms. The molecule has 1 amide bonds. The Kier molecular flexibility index (Phi) is 6.33. The van der Waals surface area contributed by atoms with E-state index in [2.05, 4.69) is 5.32 Å². The van der Waals surface area contributed by atoms with Crippen molar-refractivity contribution in [3.63, 3.8) is 0 Å². The van der Waals surface area contributed by atoms with Gasteiger partial charge in [0.1, 0.15) is 6.10 Å². The summed E-state index contributed by atoms with van der Waals surface area (Å²) < 4.78 is 37.2. The van der Waals surface area contributed by atoms with Crippen molar-refractivity contribution in [3.05, 3.63) is 35.9 Å². The minimum Gasteiger partial charge on any atom is -0.381 e. The van der Waals surface area contributed by atoms with Crippen LogP contribution in [0.15, 0.2) is 30.3 Å². The van der Waals surface area contributed by atoms with Gasteiger partial charge in [-0.1, -0.05) is 30.3 Å². The van der Waals surface area contributed by atoms with Crippen molar-refractivity contribution in [2.24, 2.45) is 0 Å². The number of ether oxygens (including phenoxy) is 2. The maximum Gasteiger partial charge on any atom is 0.399 e. The van der Waals surface area contributed by atoms with Gasteiger partial charge < -0.3 is 14.8 Å². The molecule has 0 radical (unpaired) electrons. The van der Waals surface area contributed by atoms with Crippen molar-refractivity contribution < 1.29 is 23.0 Å². The number of hydrogen-bond acceptors (Lipinski definition) is 3. The highest BCUT2D eigenvalue weighted by molar-refractivity contribution is 6.32. The van der Waals surface area contributed by atoms with E-state index in [-0.39, 0.29) is 6.10 Å². The summed E-state index contributed by atoms with van der Waals surface area (Å²) in [7, 11) is 0. The molecule has 1 aromatic carbocycles. The van der Waals surface area contributed by atoms with Crippen LogP contribution in [-0.2, 0) is 14.3 Å². The Labute approximate surface area is 139 Å². The molecule has 1 saturated heterocycles. The molecular formula is C16H20ClF2NO3. The van der Waals surface area contributed by atoms with E-state index in [4.69, 9.17) is 21.1 Å². The van der Waals surface area contributed by atoms with Crippen LogP contribution in [0.25, 0.3) is 0 Å². The van der Waals surface area contributed by atoms with Gasteiger partial charge in [-0.25, -0.2) is 0 Å². The number of carbonyl (C=O) groups excluding carboxylic acids is 1. The van der Waals surface area contributed by atoms with Gasteiger partial charge in [0.2, 0.25) is 0 Å². The van der Waals surface area contributed by atoms with Crippen LogP contribution in [0.2, 0.25) is 0 Å². The van der Waals surface area contributed by atoms with Crippen molar-refractivity contribution in [1.82, 2.24) is 5.32 Å². The first-order valence-corrected chi connectivity index (χ1v) is 7.91. The lowest BCUT2D eigenvalue weighted by atomic mass is 10.0. The predicted molar refractivity (Wildman–Crippen MR) is 82.5 cm³/mol. The third-order valence-corrected chi connectivity index (χ3v) is 3.88. The van der Waals surface area contributed by atoms with Crippen molar-refractivity contribution in [2.75, 3.05) is 13.2 Å². The molecule has 1 aromatic rings. The number of nitrogens with one attached hydrogen (secondary N) is 1. The maximum absolute atomic E-state index is 12.9. The normalized spacial score (nSPS) is 19.1. The van der Waals surface area contributed by atoms with Crippen LogP contribution in [0.4, 0.5) is 8.78 Å². The molecule has 1 aliphatic heterocycles. The largest absolute Gasteiger partial charge is 0.399 e. The summed E-state index contributed by atoms with van der Waals surface area (Å²) in [5.74, 6) is -1.52. The fourth-order valence-electron chi connectivity index (χ4n) is 2.51. The molecule has 0 saturated carbocycles. The molecule has 1 heterocycles. The first-order valence-electron chi connectivity index (χ1n) is 7.54. The second kappa shape index (κ2) is 8.04. The quantitative estimate of drug-likeness (QED) is 0.803. The van der Waals surface area contributed by atoms with Crippen molar-refractivity contribution in [3.8, 4) is 0 Å². The molecule has 0 spiro atoms. The molecule has 1 aliphatic rings. The van der Waals surface area contributed by atoms with E-state index in [1.54, 1.807) is 6.92 Å². The Morgan fingerprint density at radius 3 is 2.52 bits per heavy atom. The summed E-state index contributed by atoms with van der Waals surface area (Å²) in [5.41, 5.74) is 0.810. The van der Waals surface area contributed by atoms with Crippen molar-refractivity contribution in [1.29, 1.82) is 0 Å². The molecule has 2 atom stereocenters. The topological polar surface area (TPSA) is 47.6 Å². The number of rotatable bonds is 6. The highest BCUT2D eigenvalue weighted by Crippen LogP contribution is 2.27. The number of carbonyl (C=O) groups is 1. The van der Waals surface area contributed by atoms with Gasteiger partial charge in [0, 0.05) is 13.2 Å². The second-order valence-electron chi connectivity index (χ2n) is 5.54. The van der Waals surface area contributed by atoms with E-state index in [0.717, 1.165) is 18.4 Å². The van der Waals surface area contributed by atoms with E-state index in [9.17, 15) is 13.6 Å². The van der Waals surface area contributed by atoms with Gasteiger partial charge in [-0.05, 0) is 36.9 Å². The predicted octanol–water partition coefficient (Wildman–Crippen LogP) is 3.26. The summed E-state index contributed by atoms with van der Waals surface area (Å²) in [6.45, 7) is 2.83. The van der Waals surface area contributed by atoms with E-state index in [1.807, 2.05) is 30.3 Å². The summed E-state index contributed by atoms with van der Waals surface area (Å²) >= 11 is 4.77. The third-order valence-electron chi connectivity index (χ3n) is 3.71. The average molecular weight is 348 g/mol. The van der Waals surface area contributed by atoms with Crippen LogP contribution in [-0.4, -0.2) is 36.6 Å². The lowest BCUT2D eigenvalue weighted by molar-refractivity contribution is -0.139. The SMILES string of the molecule is C[C@H](NC(=O)C(F)(F)Cl)[C@@H](OC1CCOCC1)c1ccccc1. The lowest BCUT2D eigenvalue weighted by Crippen LogP contribution is -2.45. The van der Waals surface area contributed by atoms with Gasteiger partial charge in [0.15, 0.2) is 0 Å². The first-order chi connectivity index (χ1) is 10.9. The molecule has 0 unspecified atom stereocenters. The molecular weight excluding hydrogens is 328 g/mol. The fourth-order valence-corrected chi connectivity index (χ4v) is 2.57. The Balaban J connectivity index is 2.10. The van der Waals surface area contributed by atoms with Gasteiger partial charge in [0.25, 0.3) is 0 Å². The van der Waals surface area contributed by atoms with E-state index < -0.39 is 23.4 Å². The molecule has 0 aromatic heterocycles. The van der Waals surface area contributed by atoms with Gasteiger partial charge >= 0.3 is 11.3 Å². The molecule has 1 N–H and O–H groups in total. The molecule has 4 nitrogen and oxygen atoms in total. The van der Waals surface area contributed by atoms with E-state index >= 15 is 0 Å². The van der Waals surface area contributed by atoms with Crippen LogP contribution in [0.1, 0.15) is 31.4 Å². The molecule has 128 valence electrons. The molecule has 2 rings (SSSR count). The zero-order valence-electron chi connectivity index (χ0n) is 12.8. The standard InChI is InChI=1S/C16H20ClF2NO3/c1-11(20-15(21)16(17,18)19)14(12-5-3-2-4-6-12)23-13-7-9-22-10-8-13/h2-6,11,13-14H,7-10H2,1H3,(H,20,21)/t11-,14+/m0/s1. The van der Waals surface area contributed by atoms with E-state index in [0.29, 0.717) is 13.2 Å². The van der Waals surface area contributed by atoms with Crippen LogP contribution in [0.5, 0.6) is 0 Å². The Morgan fingerprint density at radius 1 is 1.35 bits per heavy atom. The Bertz CT molecular complexity index is 504. The monoisotopic (exact) mass is 347 g/mol. The first kappa shape index (κ1) is 18.1. The molecule has 1 fully saturated rings. The molecule has 7 heteroatoms. The zero-order chi connectivity index (χ0) is 16.9. The molecule has 0 aliphatic carbocycles. The average Bonchev–Trinajstić information content (AvgIpc) is 2.53. The van der Waals surface area contributed by atoms with Crippen molar-refractivity contribution >= 4 is 17.5 Å². The van der Waals surface area contributed by atoms with Gasteiger partial charge in [-0.15, -0.1) is 0 Å². The smallest absolute Gasteiger partial charge is 0.381 e. The molecule has 23 heavy (non-hydrogen) atoms. The summed E-state index contributed by atoms with van der Waals surface area (Å²) in [6.07, 6.45) is 0.887. The van der Waals surface area contributed by atoms with Crippen molar-refractivity contribution in [2.45, 2.75) is 43.4 Å². The summed E-state index contributed by atoms with van der Waals surface area (Å²) in [5, 5.41) is -1.71. The maximum atomic E-state index is 12.9. The number of alkyl halides is 3. The van der Waals surface area contributed by atoms with Crippen LogP contribution < -0.4 is 5.32 Å². The minimum atomic E-state index is -3.94. The highest BCUT2D eigenvalue weighted by atomic mass is 35.5. The lowest BCUT2D eigenvalue weighted by Gasteiger charge is -2.32. The zero-order valence-corrected chi connectivity index (χ0v) is 13.6. The Morgan fingerprint density at radius 2 is 1.96 bits per heavy atom.